The number of amides is 1. The highest BCUT2D eigenvalue weighted by atomic mass is 19.1. The van der Waals surface area contributed by atoms with Crippen molar-refractivity contribution in [2.45, 2.75) is 32.4 Å². The Morgan fingerprint density at radius 2 is 1.52 bits per heavy atom. The van der Waals surface area contributed by atoms with Gasteiger partial charge in [0.2, 0.25) is 0 Å². The monoisotopic (exact) mass is 409 g/mol. The third kappa shape index (κ3) is 3.61. The Morgan fingerprint density at radius 3 is 2.26 bits per heavy atom. The smallest absolute Gasteiger partial charge is 0.255 e. The standard InChI is InChI=1S/C28H24FNO/c1-19-14-15-20-8-4-6-12-25(20)27(19)28(31)30(18-23-11-5-7-13-26(23)29)24-16-21-9-2-3-10-22(21)17-24/h2-15,24H,16-18H2,1H3. The van der Waals surface area contributed by atoms with E-state index in [1.54, 1.807) is 12.1 Å². The zero-order chi connectivity index (χ0) is 21.4. The molecule has 0 bridgehead atoms. The lowest BCUT2D eigenvalue weighted by molar-refractivity contribution is 0.0667. The van der Waals surface area contributed by atoms with Gasteiger partial charge in [-0.15, -0.1) is 0 Å². The fraction of sp³-hybridized carbons (Fsp3) is 0.179. The van der Waals surface area contributed by atoms with Gasteiger partial charge in [-0.05, 0) is 53.3 Å². The van der Waals surface area contributed by atoms with Gasteiger partial charge in [0.05, 0.1) is 5.56 Å². The molecular formula is C28H24FNO. The first kappa shape index (κ1) is 19.5. The molecular weight excluding hydrogens is 385 g/mol. The first-order valence-corrected chi connectivity index (χ1v) is 10.7. The number of hydrogen-bond donors (Lipinski definition) is 0. The largest absolute Gasteiger partial charge is 0.331 e. The Labute approximate surface area is 181 Å². The summed E-state index contributed by atoms with van der Waals surface area (Å²) < 4.78 is 14.6. The first-order chi connectivity index (χ1) is 15.1. The molecule has 0 N–H and O–H groups in total. The molecule has 0 atom stereocenters. The fourth-order valence-electron chi connectivity index (χ4n) is 4.74. The van der Waals surface area contributed by atoms with Gasteiger partial charge in [0.1, 0.15) is 5.82 Å². The molecule has 1 amide bonds. The predicted molar refractivity (Wildman–Crippen MR) is 123 cm³/mol. The van der Waals surface area contributed by atoms with E-state index in [2.05, 4.69) is 12.1 Å². The van der Waals surface area contributed by atoms with Crippen LogP contribution >= 0.6 is 0 Å². The van der Waals surface area contributed by atoms with Gasteiger partial charge < -0.3 is 4.90 Å². The van der Waals surface area contributed by atoms with Crippen molar-refractivity contribution in [2.24, 2.45) is 0 Å². The highest BCUT2D eigenvalue weighted by Crippen LogP contribution is 2.31. The second kappa shape index (κ2) is 7.99. The van der Waals surface area contributed by atoms with Crippen LogP contribution in [0.15, 0.2) is 84.9 Å². The first-order valence-electron chi connectivity index (χ1n) is 10.7. The summed E-state index contributed by atoms with van der Waals surface area (Å²) in [7, 11) is 0. The summed E-state index contributed by atoms with van der Waals surface area (Å²) in [6, 6.07) is 27.1. The minimum absolute atomic E-state index is 0.00266. The minimum atomic E-state index is -0.273. The predicted octanol–water partition coefficient (Wildman–Crippen LogP) is 6.10. The molecule has 0 aliphatic heterocycles. The normalized spacial score (nSPS) is 13.4. The van der Waals surface area contributed by atoms with E-state index in [-0.39, 0.29) is 24.3 Å². The topological polar surface area (TPSA) is 20.3 Å². The Bertz CT molecular complexity index is 1250. The maximum Gasteiger partial charge on any atom is 0.255 e. The number of carbonyl (C=O) groups excluding carboxylic acids is 1. The second-order valence-electron chi connectivity index (χ2n) is 8.33. The molecule has 0 saturated carbocycles. The molecule has 3 heteroatoms. The molecule has 31 heavy (non-hydrogen) atoms. The van der Waals surface area contributed by atoms with Crippen LogP contribution in [0.5, 0.6) is 0 Å². The minimum Gasteiger partial charge on any atom is -0.331 e. The van der Waals surface area contributed by atoms with Crippen LogP contribution in [0.3, 0.4) is 0 Å². The van der Waals surface area contributed by atoms with Crippen molar-refractivity contribution in [1.29, 1.82) is 0 Å². The summed E-state index contributed by atoms with van der Waals surface area (Å²) >= 11 is 0. The third-order valence-corrected chi connectivity index (χ3v) is 6.38. The average molecular weight is 410 g/mol. The number of hydrogen-bond acceptors (Lipinski definition) is 1. The number of carbonyl (C=O) groups is 1. The zero-order valence-electron chi connectivity index (χ0n) is 17.5. The number of nitrogens with zero attached hydrogens (tertiary/aromatic N) is 1. The van der Waals surface area contributed by atoms with Crippen LogP contribution in [-0.4, -0.2) is 16.8 Å². The van der Waals surface area contributed by atoms with Crippen molar-refractivity contribution in [2.75, 3.05) is 0 Å². The molecule has 0 aromatic heterocycles. The van der Waals surface area contributed by atoms with Crippen LogP contribution in [0.25, 0.3) is 10.8 Å². The van der Waals surface area contributed by atoms with Crippen molar-refractivity contribution in [1.82, 2.24) is 4.90 Å². The van der Waals surface area contributed by atoms with E-state index < -0.39 is 0 Å². The summed E-state index contributed by atoms with van der Waals surface area (Å²) in [4.78, 5) is 15.9. The fourth-order valence-corrected chi connectivity index (χ4v) is 4.74. The average Bonchev–Trinajstić information content (AvgIpc) is 3.22. The molecule has 5 rings (SSSR count). The van der Waals surface area contributed by atoms with Crippen LogP contribution in [-0.2, 0) is 19.4 Å². The summed E-state index contributed by atoms with van der Waals surface area (Å²) in [5, 5.41) is 1.98. The lowest BCUT2D eigenvalue weighted by Crippen LogP contribution is -2.41. The zero-order valence-corrected chi connectivity index (χ0v) is 17.5. The van der Waals surface area contributed by atoms with Gasteiger partial charge in [0.25, 0.3) is 5.91 Å². The Balaban J connectivity index is 1.59. The van der Waals surface area contributed by atoms with Gasteiger partial charge in [-0.25, -0.2) is 4.39 Å². The van der Waals surface area contributed by atoms with Crippen molar-refractivity contribution in [3.05, 3.63) is 119 Å². The van der Waals surface area contributed by atoms with Gasteiger partial charge >= 0.3 is 0 Å². The number of rotatable bonds is 4. The molecule has 0 fully saturated rings. The Morgan fingerprint density at radius 1 is 0.871 bits per heavy atom. The molecule has 2 nitrogen and oxygen atoms in total. The SMILES string of the molecule is Cc1ccc2ccccc2c1C(=O)N(Cc1ccccc1F)C1Cc2ccccc2C1. The quantitative estimate of drug-likeness (QED) is 0.399. The molecule has 0 heterocycles. The van der Waals surface area contributed by atoms with Crippen molar-refractivity contribution in [3.8, 4) is 0 Å². The summed E-state index contributed by atoms with van der Waals surface area (Å²) in [5.74, 6) is -0.305. The van der Waals surface area contributed by atoms with E-state index >= 15 is 0 Å². The molecule has 0 spiro atoms. The van der Waals surface area contributed by atoms with Crippen LogP contribution in [0.1, 0.15) is 32.6 Å². The number of aryl methyl sites for hydroxylation is 1. The van der Waals surface area contributed by atoms with Crippen LogP contribution in [0, 0.1) is 12.7 Å². The van der Waals surface area contributed by atoms with Crippen molar-refractivity contribution in [3.63, 3.8) is 0 Å². The molecule has 0 radical (unpaired) electrons. The van der Waals surface area contributed by atoms with Gasteiger partial charge in [0.15, 0.2) is 0 Å². The van der Waals surface area contributed by atoms with Crippen LogP contribution in [0.2, 0.25) is 0 Å². The Hall–Kier alpha value is -3.46. The maximum atomic E-state index is 14.6. The van der Waals surface area contributed by atoms with Crippen LogP contribution in [0.4, 0.5) is 4.39 Å². The highest BCUT2D eigenvalue weighted by molar-refractivity contribution is 6.08. The van der Waals surface area contributed by atoms with Gasteiger partial charge in [-0.1, -0.05) is 78.9 Å². The second-order valence-corrected chi connectivity index (χ2v) is 8.33. The molecule has 154 valence electrons. The molecule has 1 aliphatic rings. The molecule has 0 unspecified atom stereocenters. The van der Waals surface area contributed by atoms with E-state index in [0.717, 1.165) is 29.2 Å². The van der Waals surface area contributed by atoms with Gasteiger partial charge in [0, 0.05) is 18.2 Å². The van der Waals surface area contributed by atoms with Gasteiger partial charge in [-0.3, -0.25) is 4.79 Å². The summed E-state index contributed by atoms with van der Waals surface area (Å²) in [5.41, 5.74) is 4.75. The van der Waals surface area contributed by atoms with E-state index in [1.165, 1.54) is 17.2 Å². The number of fused-ring (bicyclic) bond motifs is 2. The summed E-state index contributed by atoms with van der Waals surface area (Å²) in [6.45, 7) is 2.23. The lowest BCUT2D eigenvalue weighted by Gasteiger charge is -2.30. The number of benzene rings is 4. The molecule has 4 aromatic rings. The summed E-state index contributed by atoms with van der Waals surface area (Å²) in [6.07, 6.45) is 1.58. The molecule has 4 aromatic carbocycles. The maximum absolute atomic E-state index is 14.6. The van der Waals surface area contributed by atoms with Crippen LogP contribution < -0.4 is 0 Å². The highest BCUT2D eigenvalue weighted by Gasteiger charge is 2.32. The van der Waals surface area contributed by atoms with Gasteiger partial charge in [-0.2, -0.15) is 0 Å². The third-order valence-electron chi connectivity index (χ3n) is 6.38. The molecule has 0 saturated heterocycles. The van der Waals surface area contributed by atoms with E-state index in [9.17, 15) is 9.18 Å². The molecule has 1 aliphatic carbocycles. The van der Waals surface area contributed by atoms with Crippen molar-refractivity contribution >= 4 is 16.7 Å². The van der Waals surface area contributed by atoms with E-state index in [1.807, 2.05) is 66.4 Å². The van der Waals surface area contributed by atoms with E-state index in [4.69, 9.17) is 0 Å². The number of halogens is 1. The Kier molecular flexibility index (Phi) is 5.03. The van der Waals surface area contributed by atoms with Crippen molar-refractivity contribution < 1.29 is 9.18 Å². The van der Waals surface area contributed by atoms with E-state index in [0.29, 0.717) is 11.1 Å². The lowest BCUT2D eigenvalue weighted by atomic mass is 9.97.